The van der Waals surface area contributed by atoms with Gasteiger partial charge in [-0.1, -0.05) is 27.4 Å². The zero-order valence-corrected chi connectivity index (χ0v) is 23.3. The summed E-state index contributed by atoms with van der Waals surface area (Å²) in [7, 11) is 1.21. The van der Waals surface area contributed by atoms with Gasteiger partial charge in [0, 0.05) is 30.2 Å². The van der Waals surface area contributed by atoms with Crippen molar-refractivity contribution >= 4 is 23.7 Å². The summed E-state index contributed by atoms with van der Waals surface area (Å²) in [5.41, 5.74) is -4.62. The number of aliphatic hydroxyl groups is 1. The van der Waals surface area contributed by atoms with E-state index in [4.69, 9.17) is 28.1 Å². The van der Waals surface area contributed by atoms with Crippen LogP contribution in [0.3, 0.4) is 0 Å². The summed E-state index contributed by atoms with van der Waals surface area (Å²) in [6.07, 6.45) is -2.09. The van der Waals surface area contributed by atoms with Crippen molar-refractivity contribution in [3.63, 3.8) is 0 Å². The molecule has 40 heavy (non-hydrogen) atoms. The molecule has 1 aromatic heterocycles. The van der Waals surface area contributed by atoms with Crippen LogP contribution in [0, 0.1) is 28.1 Å². The van der Waals surface area contributed by atoms with Crippen molar-refractivity contribution in [2.24, 2.45) is 28.1 Å². The average molecular weight is 559 g/mol. The maximum absolute atomic E-state index is 13.7. The maximum Gasteiger partial charge on any atom is 0.335 e. The lowest BCUT2D eigenvalue weighted by Crippen LogP contribution is -2.69. The van der Waals surface area contributed by atoms with E-state index in [0.29, 0.717) is 5.56 Å². The fourth-order valence-corrected chi connectivity index (χ4v) is 8.83. The summed E-state index contributed by atoms with van der Waals surface area (Å²) in [4.78, 5) is 52.7. The maximum atomic E-state index is 13.7. The Balaban J connectivity index is 1.65. The van der Waals surface area contributed by atoms with Gasteiger partial charge >= 0.3 is 17.9 Å². The Bertz CT molecular complexity index is 1330. The molecular weight excluding hydrogens is 524 g/mol. The number of hydrogen-bond acceptors (Lipinski definition) is 11. The largest absolute Gasteiger partial charge is 0.472 e. The predicted molar refractivity (Wildman–Crippen MR) is 133 cm³/mol. The normalized spacial score (nSPS) is 46.6. The number of esters is 3. The SMILES string of the molecule is C=C1[C@@H]2[C@H](OC(C)=O)[C@@]3(C)[C@H](c4ccoc4)OC(=O)C[C@]13O[C@H]1CC(=O)C(C)(C)[C@@H]3[C@H](C(=O)OC)O[C@]2(O)[C@@]13C. The van der Waals surface area contributed by atoms with Crippen molar-refractivity contribution in [3.8, 4) is 0 Å². The van der Waals surface area contributed by atoms with Gasteiger partial charge in [-0.25, -0.2) is 4.79 Å². The zero-order valence-electron chi connectivity index (χ0n) is 23.3. The number of hydrogen-bond donors (Lipinski definition) is 1. The molecule has 2 bridgehead atoms. The first-order valence-electron chi connectivity index (χ1n) is 13.4. The highest BCUT2D eigenvalue weighted by Gasteiger charge is 2.86. The van der Waals surface area contributed by atoms with E-state index in [0.717, 1.165) is 0 Å². The van der Waals surface area contributed by atoms with E-state index < -0.39 is 81.8 Å². The van der Waals surface area contributed by atoms with Gasteiger partial charge in [0.1, 0.15) is 23.6 Å². The molecule has 10 atom stereocenters. The number of rotatable bonds is 3. The molecule has 0 amide bonds. The molecule has 1 aromatic rings. The van der Waals surface area contributed by atoms with E-state index in [2.05, 4.69) is 6.58 Å². The van der Waals surface area contributed by atoms with E-state index >= 15 is 0 Å². The van der Waals surface area contributed by atoms with Gasteiger partial charge < -0.3 is 33.2 Å². The number of ether oxygens (including phenoxy) is 5. The smallest absolute Gasteiger partial charge is 0.335 e. The molecule has 0 aromatic carbocycles. The highest BCUT2D eigenvalue weighted by Crippen LogP contribution is 2.76. The van der Waals surface area contributed by atoms with Crippen molar-refractivity contribution in [1.29, 1.82) is 0 Å². The van der Waals surface area contributed by atoms with Crippen LogP contribution in [0.2, 0.25) is 0 Å². The molecule has 2 saturated carbocycles. The second-order valence-corrected chi connectivity index (χ2v) is 12.7. The van der Waals surface area contributed by atoms with Crippen LogP contribution in [0.1, 0.15) is 59.1 Å². The Hall–Kier alpha value is -3.02. The van der Waals surface area contributed by atoms with Gasteiger partial charge in [0.25, 0.3) is 0 Å². The monoisotopic (exact) mass is 558 g/mol. The van der Waals surface area contributed by atoms with Gasteiger partial charge in [-0.15, -0.1) is 0 Å². The number of methoxy groups -OCH3 is 1. The first kappa shape index (κ1) is 27.2. The van der Waals surface area contributed by atoms with Crippen LogP contribution < -0.4 is 0 Å². The van der Waals surface area contributed by atoms with Crippen molar-refractivity contribution in [1.82, 2.24) is 0 Å². The van der Waals surface area contributed by atoms with E-state index in [1.165, 1.54) is 26.6 Å². The van der Waals surface area contributed by atoms with Gasteiger partial charge in [0.15, 0.2) is 11.9 Å². The number of ketones is 1. The minimum atomic E-state index is -2.22. The number of fused-ring (bicyclic) bond motifs is 2. The number of Topliss-reactive ketones (excluding diaryl/α,β-unsaturated/α-hetero) is 1. The van der Waals surface area contributed by atoms with Gasteiger partial charge in [-0.2, -0.15) is 0 Å². The first-order chi connectivity index (χ1) is 18.6. The quantitative estimate of drug-likeness (QED) is 0.331. The lowest BCUT2D eigenvalue weighted by molar-refractivity contribution is -0.327. The van der Waals surface area contributed by atoms with Crippen molar-refractivity contribution in [2.45, 2.75) is 83.3 Å². The summed E-state index contributed by atoms with van der Waals surface area (Å²) >= 11 is 0. The molecule has 3 saturated heterocycles. The van der Waals surface area contributed by atoms with Crippen LogP contribution in [0.5, 0.6) is 0 Å². The van der Waals surface area contributed by atoms with Crippen LogP contribution in [0.25, 0.3) is 0 Å². The third-order valence-electron chi connectivity index (χ3n) is 10.7. The average Bonchev–Trinajstić information content (AvgIpc) is 3.52. The van der Waals surface area contributed by atoms with E-state index in [9.17, 15) is 24.3 Å². The highest BCUT2D eigenvalue weighted by molar-refractivity contribution is 5.88. The molecule has 2 aliphatic carbocycles. The summed E-state index contributed by atoms with van der Waals surface area (Å²) in [5.74, 6) is -6.45. The predicted octanol–water partition coefficient (Wildman–Crippen LogP) is 2.41. The highest BCUT2D eigenvalue weighted by atomic mass is 16.7. The van der Waals surface area contributed by atoms with E-state index in [-0.39, 0.29) is 24.2 Å². The second kappa shape index (κ2) is 8.04. The molecule has 11 heteroatoms. The lowest BCUT2D eigenvalue weighted by atomic mass is 9.50. The Morgan fingerprint density at radius 2 is 1.82 bits per heavy atom. The fraction of sp³-hybridized carbons (Fsp3) is 0.655. The Morgan fingerprint density at radius 1 is 1.12 bits per heavy atom. The molecule has 216 valence electrons. The van der Waals surface area contributed by atoms with E-state index in [1.54, 1.807) is 33.8 Å². The number of carbonyl (C=O) groups is 4. The molecule has 11 nitrogen and oxygen atoms in total. The fourth-order valence-electron chi connectivity index (χ4n) is 8.83. The summed E-state index contributed by atoms with van der Waals surface area (Å²) in [6, 6.07) is 1.63. The summed E-state index contributed by atoms with van der Waals surface area (Å²) in [5, 5.41) is 12.9. The molecule has 5 fully saturated rings. The van der Waals surface area contributed by atoms with Crippen LogP contribution in [0.15, 0.2) is 35.2 Å². The van der Waals surface area contributed by atoms with Crippen LogP contribution in [-0.2, 0) is 42.9 Å². The number of cyclic esters (lactones) is 1. The lowest BCUT2D eigenvalue weighted by Gasteiger charge is -2.59. The van der Waals surface area contributed by atoms with Crippen molar-refractivity contribution < 1.29 is 52.4 Å². The number of furan rings is 1. The Morgan fingerprint density at radius 3 is 2.42 bits per heavy atom. The number of carbonyl (C=O) groups excluding carboxylic acids is 4. The van der Waals surface area contributed by atoms with Gasteiger partial charge in [0.2, 0.25) is 0 Å². The van der Waals surface area contributed by atoms with Gasteiger partial charge in [-0.05, 0) is 18.6 Å². The molecule has 0 unspecified atom stereocenters. The third-order valence-corrected chi connectivity index (χ3v) is 10.7. The third kappa shape index (κ3) is 2.85. The molecule has 1 N–H and O–H groups in total. The summed E-state index contributed by atoms with van der Waals surface area (Å²) in [6.45, 7) is 12.5. The summed E-state index contributed by atoms with van der Waals surface area (Å²) < 4.78 is 35.6. The zero-order chi connectivity index (χ0) is 29.2. The van der Waals surface area contributed by atoms with Gasteiger partial charge in [0.05, 0.1) is 48.9 Å². The Labute approximate surface area is 231 Å². The van der Waals surface area contributed by atoms with Gasteiger partial charge in [-0.3, -0.25) is 14.4 Å². The minimum absolute atomic E-state index is 0.110. The first-order valence-corrected chi connectivity index (χ1v) is 13.4. The molecule has 1 spiro atoms. The Kier molecular flexibility index (Phi) is 5.46. The topological polar surface area (TPSA) is 148 Å². The van der Waals surface area contributed by atoms with Crippen molar-refractivity contribution in [3.05, 3.63) is 36.3 Å². The standard InChI is InChI=1S/C29H34O11/c1-13-19-23(37-14(2)30)27(6)22(15-8-9-36-12-15)38-18(32)11-28(13,27)39-17-10-16(31)25(3,4)21-20(24(33)35-7)40-29(19,34)26(17,21)5/h8-9,12,17,19-23,34H,1,10-11H2,2-7H3/t17-,19+,20+,21-,22-,23-,26-,27+,28-,29-/m0/s1. The molecular formula is C29H34O11. The molecule has 3 aliphatic heterocycles. The molecule has 0 radical (unpaired) electrons. The second-order valence-electron chi connectivity index (χ2n) is 12.7. The van der Waals surface area contributed by atoms with E-state index in [1.807, 2.05) is 0 Å². The molecule has 4 heterocycles. The molecule has 5 aliphatic rings. The van der Waals surface area contributed by atoms with Crippen LogP contribution in [0.4, 0.5) is 0 Å². The minimum Gasteiger partial charge on any atom is -0.472 e. The molecule has 6 rings (SSSR count). The van der Waals surface area contributed by atoms with Crippen LogP contribution in [-0.4, -0.2) is 65.6 Å². The van der Waals surface area contributed by atoms with Crippen LogP contribution >= 0.6 is 0 Å². The van der Waals surface area contributed by atoms with Crippen molar-refractivity contribution in [2.75, 3.05) is 7.11 Å².